The third-order valence-electron chi connectivity index (χ3n) is 2.05. The molecule has 0 N–H and O–H groups in total. The van der Waals surface area contributed by atoms with E-state index in [-0.39, 0.29) is 6.10 Å². The molecule has 1 aromatic heterocycles. The first-order valence-corrected chi connectivity index (χ1v) is 6.65. The Hall–Kier alpha value is -0.640. The molecule has 0 aliphatic carbocycles. The van der Waals surface area contributed by atoms with Crippen molar-refractivity contribution in [2.24, 2.45) is 0 Å². The number of hydrogen-bond acceptors (Lipinski definition) is 3. The Labute approximate surface area is 106 Å². The molecule has 1 unspecified atom stereocenters. The molecule has 0 radical (unpaired) electrons. The predicted molar refractivity (Wildman–Crippen MR) is 69.1 cm³/mol. The quantitative estimate of drug-likeness (QED) is 0.752. The maximum Gasteiger partial charge on any atom is 0.232 e. The molecule has 1 rings (SSSR count). The van der Waals surface area contributed by atoms with Crippen LogP contribution < -0.4 is 4.74 Å². The molecule has 16 heavy (non-hydrogen) atoms. The van der Waals surface area contributed by atoms with E-state index in [0.717, 1.165) is 18.5 Å². The maximum atomic E-state index is 5.51. The number of hydrogen-bond donors (Lipinski definition) is 0. The lowest BCUT2D eigenvalue weighted by atomic mass is 10.2. The van der Waals surface area contributed by atoms with Crippen molar-refractivity contribution in [3.8, 4) is 5.88 Å². The van der Waals surface area contributed by atoms with Crippen LogP contribution in [0.5, 0.6) is 5.88 Å². The first kappa shape index (κ1) is 13.4. The first-order valence-electron chi connectivity index (χ1n) is 5.73. The van der Waals surface area contributed by atoms with Crippen molar-refractivity contribution in [3.05, 3.63) is 18.1 Å². The molecule has 0 aliphatic rings. The van der Waals surface area contributed by atoms with Crippen LogP contribution in [-0.4, -0.2) is 20.9 Å². The Balaban J connectivity index is 2.59. The van der Waals surface area contributed by atoms with Gasteiger partial charge in [0, 0.05) is 17.4 Å². The Bertz CT molecular complexity index is 318. The van der Waals surface area contributed by atoms with Crippen LogP contribution in [0.15, 0.2) is 12.4 Å². The maximum absolute atomic E-state index is 5.51. The first-order chi connectivity index (χ1) is 7.61. The van der Waals surface area contributed by atoms with E-state index < -0.39 is 0 Å². The van der Waals surface area contributed by atoms with E-state index in [0.29, 0.717) is 10.7 Å². The van der Waals surface area contributed by atoms with E-state index in [1.807, 2.05) is 13.8 Å². The average molecular weight is 287 g/mol. The monoisotopic (exact) mass is 286 g/mol. The normalized spacial score (nSPS) is 12.8. The Morgan fingerprint density at radius 1 is 1.38 bits per heavy atom. The fraction of sp³-hybridized carbons (Fsp3) is 0.667. The number of alkyl halides is 1. The van der Waals surface area contributed by atoms with Crippen molar-refractivity contribution in [2.45, 2.75) is 51.0 Å². The highest BCUT2D eigenvalue weighted by molar-refractivity contribution is 9.09. The third kappa shape index (κ3) is 4.92. The third-order valence-corrected chi connectivity index (χ3v) is 2.83. The molecule has 1 aromatic rings. The van der Waals surface area contributed by atoms with Gasteiger partial charge in [0.05, 0.1) is 18.0 Å². The lowest BCUT2D eigenvalue weighted by Crippen LogP contribution is -2.10. The van der Waals surface area contributed by atoms with Crippen molar-refractivity contribution >= 4 is 15.9 Å². The van der Waals surface area contributed by atoms with Gasteiger partial charge in [-0.2, -0.15) is 0 Å². The van der Waals surface area contributed by atoms with Crippen molar-refractivity contribution in [1.82, 2.24) is 9.97 Å². The number of halogens is 1. The molecule has 0 amide bonds. The molecule has 0 saturated carbocycles. The molecule has 0 fully saturated rings. The largest absolute Gasteiger partial charge is 0.474 e. The SMILES string of the molecule is CCCC(Br)Cc1cncc(OC(C)C)n1. The van der Waals surface area contributed by atoms with Crippen LogP contribution in [0, 0.1) is 0 Å². The smallest absolute Gasteiger partial charge is 0.232 e. The van der Waals surface area contributed by atoms with Crippen molar-refractivity contribution in [3.63, 3.8) is 0 Å². The molecule has 90 valence electrons. The molecule has 4 heteroatoms. The predicted octanol–water partition coefficient (Wildman–Crippen LogP) is 3.37. The summed E-state index contributed by atoms with van der Waals surface area (Å²) in [5, 5.41) is 0. The van der Waals surface area contributed by atoms with Gasteiger partial charge in [0.1, 0.15) is 0 Å². The van der Waals surface area contributed by atoms with E-state index in [9.17, 15) is 0 Å². The molecule has 1 atom stereocenters. The van der Waals surface area contributed by atoms with E-state index in [4.69, 9.17) is 4.74 Å². The summed E-state index contributed by atoms with van der Waals surface area (Å²) in [4.78, 5) is 9.04. The Morgan fingerprint density at radius 3 is 2.75 bits per heavy atom. The molecule has 0 aromatic carbocycles. The van der Waals surface area contributed by atoms with Gasteiger partial charge in [-0.1, -0.05) is 29.3 Å². The van der Waals surface area contributed by atoms with Crippen LogP contribution in [0.2, 0.25) is 0 Å². The van der Waals surface area contributed by atoms with Crippen LogP contribution in [0.4, 0.5) is 0 Å². The second-order valence-electron chi connectivity index (χ2n) is 4.11. The molecular formula is C12H19BrN2O. The average Bonchev–Trinajstić information content (AvgIpc) is 2.17. The topological polar surface area (TPSA) is 35.0 Å². The minimum atomic E-state index is 0.139. The van der Waals surface area contributed by atoms with Crippen LogP contribution in [0.1, 0.15) is 39.3 Å². The fourth-order valence-electron chi connectivity index (χ4n) is 1.43. The van der Waals surface area contributed by atoms with E-state index in [2.05, 4.69) is 32.8 Å². The fourth-order valence-corrected chi connectivity index (χ4v) is 2.21. The number of aromatic nitrogens is 2. The van der Waals surface area contributed by atoms with E-state index in [1.165, 1.54) is 6.42 Å². The van der Waals surface area contributed by atoms with Crippen LogP contribution in [0.25, 0.3) is 0 Å². The summed E-state index contributed by atoms with van der Waals surface area (Å²) in [6.45, 7) is 6.15. The highest BCUT2D eigenvalue weighted by atomic mass is 79.9. The van der Waals surface area contributed by atoms with E-state index in [1.54, 1.807) is 12.4 Å². The Kier molecular flexibility index (Phi) is 5.74. The summed E-state index contributed by atoms with van der Waals surface area (Å²) in [7, 11) is 0. The summed E-state index contributed by atoms with van der Waals surface area (Å²) in [6, 6.07) is 0. The lowest BCUT2D eigenvalue weighted by molar-refractivity contribution is 0.231. The number of rotatable bonds is 6. The van der Waals surface area contributed by atoms with Gasteiger partial charge in [0.25, 0.3) is 0 Å². The Morgan fingerprint density at radius 2 is 2.12 bits per heavy atom. The minimum absolute atomic E-state index is 0.139. The minimum Gasteiger partial charge on any atom is -0.474 e. The van der Waals surface area contributed by atoms with Crippen LogP contribution >= 0.6 is 15.9 Å². The highest BCUT2D eigenvalue weighted by Gasteiger charge is 2.07. The molecular weight excluding hydrogens is 268 g/mol. The van der Waals surface area contributed by atoms with Gasteiger partial charge in [-0.15, -0.1) is 0 Å². The van der Waals surface area contributed by atoms with Crippen molar-refractivity contribution < 1.29 is 4.74 Å². The zero-order chi connectivity index (χ0) is 12.0. The number of ether oxygens (including phenoxy) is 1. The van der Waals surface area contributed by atoms with Gasteiger partial charge in [-0.3, -0.25) is 4.98 Å². The summed E-state index contributed by atoms with van der Waals surface area (Å²) in [5.74, 6) is 0.615. The van der Waals surface area contributed by atoms with Crippen LogP contribution in [-0.2, 0) is 6.42 Å². The van der Waals surface area contributed by atoms with Gasteiger partial charge in [0.2, 0.25) is 5.88 Å². The van der Waals surface area contributed by atoms with Crippen molar-refractivity contribution in [2.75, 3.05) is 0 Å². The molecule has 0 bridgehead atoms. The zero-order valence-electron chi connectivity index (χ0n) is 10.1. The molecule has 0 aliphatic heterocycles. The van der Waals surface area contributed by atoms with Crippen molar-refractivity contribution in [1.29, 1.82) is 0 Å². The summed E-state index contributed by atoms with van der Waals surface area (Å²) in [6.07, 6.45) is 6.82. The zero-order valence-corrected chi connectivity index (χ0v) is 11.7. The highest BCUT2D eigenvalue weighted by Crippen LogP contribution is 2.15. The van der Waals surface area contributed by atoms with Gasteiger partial charge in [-0.05, 0) is 20.3 Å². The number of nitrogens with zero attached hydrogens (tertiary/aromatic N) is 2. The lowest BCUT2D eigenvalue weighted by Gasteiger charge is -2.10. The van der Waals surface area contributed by atoms with Gasteiger partial charge >= 0.3 is 0 Å². The summed E-state index contributed by atoms with van der Waals surface area (Å²) >= 11 is 3.64. The molecule has 1 heterocycles. The van der Waals surface area contributed by atoms with E-state index >= 15 is 0 Å². The summed E-state index contributed by atoms with van der Waals surface area (Å²) < 4.78 is 5.51. The standard InChI is InChI=1S/C12H19BrN2O/c1-4-5-10(13)6-11-7-14-8-12(15-11)16-9(2)3/h7-10H,4-6H2,1-3H3. The van der Waals surface area contributed by atoms with Crippen LogP contribution in [0.3, 0.4) is 0 Å². The van der Waals surface area contributed by atoms with Gasteiger partial charge in [0.15, 0.2) is 0 Å². The molecule has 0 spiro atoms. The summed E-state index contributed by atoms with van der Waals surface area (Å²) in [5.41, 5.74) is 0.980. The second-order valence-corrected chi connectivity index (χ2v) is 5.40. The molecule has 3 nitrogen and oxygen atoms in total. The van der Waals surface area contributed by atoms with Gasteiger partial charge < -0.3 is 4.74 Å². The van der Waals surface area contributed by atoms with Gasteiger partial charge in [-0.25, -0.2) is 4.98 Å². The second kappa shape index (κ2) is 6.84. The molecule has 0 saturated heterocycles.